The molecule has 0 bridgehead atoms. The Morgan fingerprint density at radius 2 is 1.82 bits per heavy atom. The number of nitrogens with zero attached hydrogens (tertiary/aromatic N) is 1. The van der Waals surface area contributed by atoms with Gasteiger partial charge in [0.05, 0.1) is 23.6 Å². The Morgan fingerprint density at radius 1 is 1.10 bits per heavy atom. The van der Waals surface area contributed by atoms with Crippen LogP contribution < -0.4 is 16.8 Å². The van der Waals surface area contributed by atoms with Gasteiger partial charge in [0.1, 0.15) is 5.82 Å². The molecule has 40 heavy (non-hydrogen) atoms. The number of halogens is 1. The molecular weight excluding hydrogens is 535 g/mol. The van der Waals surface area contributed by atoms with Crippen LogP contribution in [0.2, 0.25) is 0 Å². The predicted molar refractivity (Wildman–Crippen MR) is 153 cm³/mol. The minimum absolute atomic E-state index is 0.208. The number of primary amides is 1. The van der Waals surface area contributed by atoms with Crippen molar-refractivity contribution in [3.05, 3.63) is 78.5 Å². The highest BCUT2D eigenvalue weighted by Gasteiger charge is 2.33. The average Bonchev–Trinajstić information content (AvgIpc) is 2.93. The number of anilines is 1. The quantitative estimate of drug-likeness (QED) is 0.162. The molecule has 0 heterocycles. The molecule has 0 spiro atoms. The fourth-order valence-electron chi connectivity index (χ4n) is 4.41. The third-order valence-electron chi connectivity index (χ3n) is 6.78. The molecule has 0 aliphatic heterocycles. The van der Waals surface area contributed by atoms with E-state index in [9.17, 15) is 27.5 Å². The standard InChI is InChI=1S/C29H36FN4O5S/c1-20(29(32)37)18-34(40(38,39)24-13-14-26(30)27(31)17-24)23(19-35)10-4-5-16-33-28(36)15-12-22-9-6-8-21-7-2-3-11-25(21)22/h2-3,6-9,11,13-15,17,20,23,35H,4-5,10,12,16,18-19,31H2,1H3,(H2,32,37)(H,33,36). The van der Waals surface area contributed by atoms with E-state index in [0.717, 1.165) is 38.8 Å². The summed E-state index contributed by atoms with van der Waals surface area (Å²) in [4.78, 5) is 23.8. The summed E-state index contributed by atoms with van der Waals surface area (Å²) in [5.41, 5.74) is 11.7. The molecule has 0 aliphatic carbocycles. The maximum atomic E-state index is 13.7. The van der Waals surface area contributed by atoms with E-state index in [0.29, 0.717) is 25.8 Å². The summed E-state index contributed by atoms with van der Waals surface area (Å²) in [6.07, 6.45) is 3.35. The van der Waals surface area contributed by atoms with Gasteiger partial charge in [0.25, 0.3) is 0 Å². The van der Waals surface area contributed by atoms with E-state index in [1.807, 2.05) is 42.5 Å². The molecule has 3 aromatic carbocycles. The lowest BCUT2D eigenvalue weighted by Crippen LogP contribution is -2.46. The van der Waals surface area contributed by atoms with Crippen molar-refractivity contribution < 1.29 is 27.5 Å². The number of nitrogens with one attached hydrogen (secondary N) is 1. The minimum Gasteiger partial charge on any atom is -0.396 e. The number of hydrogen-bond acceptors (Lipinski definition) is 6. The third kappa shape index (κ3) is 8.00. The summed E-state index contributed by atoms with van der Waals surface area (Å²) < 4.78 is 41.5. The lowest BCUT2D eigenvalue weighted by atomic mass is 10.0. The molecule has 11 heteroatoms. The molecule has 0 fully saturated rings. The van der Waals surface area contributed by atoms with Crippen molar-refractivity contribution in [3.8, 4) is 0 Å². The van der Waals surface area contributed by atoms with Gasteiger partial charge in [0, 0.05) is 25.0 Å². The number of unbranched alkanes of at least 4 members (excludes halogenated alkanes) is 1. The summed E-state index contributed by atoms with van der Waals surface area (Å²) >= 11 is 0. The zero-order valence-electron chi connectivity index (χ0n) is 22.4. The van der Waals surface area contributed by atoms with Gasteiger partial charge in [0.2, 0.25) is 21.8 Å². The number of carbonyl (C=O) groups is 2. The van der Waals surface area contributed by atoms with Crippen LogP contribution in [0.25, 0.3) is 10.8 Å². The number of benzene rings is 3. The Kier molecular flexibility index (Phi) is 11.0. The van der Waals surface area contributed by atoms with E-state index in [1.165, 1.54) is 6.92 Å². The smallest absolute Gasteiger partial charge is 0.243 e. The number of nitrogens with two attached hydrogens (primary N) is 2. The van der Waals surface area contributed by atoms with Crippen LogP contribution in [0.5, 0.6) is 0 Å². The summed E-state index contributed by atoms with van der Waals surface area (Å²) in [5, 5.41) is 15.1. The maximum Gasteiger partial charge on any atom is 0.243 e. The van der Waals surface area contributed by atoms with Crippen molar-refractivity contribution >= 4 is 38.3 Å². The van der Waals surface area contributed by atoms with Gasteiger partial charge in [-0.1, -0.05) is 55.8 Å². The first kappa shape index (κ1) is 31.0. The van der Waals surface area contributed by atoms with Crippen LogP contribution in [0.15, 0.2) is 65.6 Å². The highest BCUT2D eigenvalue weighted by atomic mass is 32.2. The number of rotatable bonds is 15. The Balaban J connectivity index is 1.56. The highest BCUT2D eigenvalue weighted by molar-refractivity contribution is 7.89. The second-order valence-corrected chi connectivity index (χ2v) is 11.6. The fourth-order valence-corrected chi connectivity index (χ4v) is 6.18. The van der Waals surface area contributed by atoms with Crippen LogP contribution in [-0.2, 0) is 26.0 Å². The Bertz CT molecular complexity index is 1430. The Labute approximate surface area is 234 Å². The molecule has 3 aromatic rings. The number of aliphatic hydroxyl groups excluding tert-OH is 1. The molecule has 3 rings (SSSR count). The average molecular weight is 572 g/mol. The van der Waals surface area contributed by atoms with Crippen molar-refractivity contribution in [1.29, 1.82) is 0 Å². The van der Waals surface area contributed by atoms with Gasteiger partial charge in [-0.2, -0.15) is 4.31 Å². The van der Waals surface area contributed by atoms with Crippen molar-refractivity contribution in [2.45, 2.75) is 43.5 Å². The normalized spacial score (nSPS) is 13.3. The molecule has 1 radical (unpaired) electrons. The second kappa shape index (κ2) is 14.2. The van der Waals surface area contributed by atoms with E-state index >= 15 is 0 Å². The van der Waals surface area contributed by atoms with E-state index in [2.05, 4.69) is 5.32 Å². The molecule has 6 N–H and O–H groups in total. The molecule has 0 aliphatic rings. The number of fused-ring (bicyclic) bond motifs is 1. The summed E-state index contributed by atoms with van der Waals surface area (Å²) in [5.74, 6) is -2.50. The van der Waals surface area contributed by atoms with E-state index in [4.69, 9.17) is 11.5 Å². The molecule has 2 unspecified atom stereocenters. The third-order valence-corrected chi connectivity index (χ3v) is 8.70. The predicted octanol–water partition coefficient (Wildman–Crippen LogP) is 2.77. The molecular formula is C29H36FN4O5S. The lowest BCUT2D eigenvalue weighted by Gasteiger charge is -2.31. The minimum atomic E-state index is -4.24. The van der Waals surface area contributed by atoms with Gasteiger partial charge in [-0.3, -0.25) is 9.59 Å². The first-order valence-electron chi connectivity index (χ1n) is 13.1. The molecule has 0 aromatic heterocycles. The van der Waals surface area contributed by atoms with Gasteiger partial charge >= 0.3 is 0 Å². The van der Waals surface area contributed by atoms with Crippen LogP contribution in [0.1, 0.15) is 31.7 Å². The molecule has 2 amide bonds. The first-order chi connectivity index (χ1) is 19.0. The van der Waals surface area contributed by atoms with Crippen LogP contribution in [0, 0.1) is 18.2 Å². The van der Waals surface area contributed by atoms with Crippen LogP contribution >= 0.6 is 0 Å². The van der Waals surface area contributed by atoms with Crippen molar-refractivity contribution in [2.75, 3.05) is 25.4 Å². The van der Waals surface area contributed by atoms with E-state index < -0.39 is 40.3 Å². The van der Waals surface area contributed by atoms with Crippen LogP contribution in [0.4, 0.5) is 10.1 Å². The summed E-state index contributed by atoms with van der Waals surface area (Å²) in [6.45, 7) is 1.08. The van der Waals surface area contributed by atoms with Crippen molar-refractivity contribution in [1.82, 2.24) is 9.62 Å². The highest BCUT2D eigenvalue weighted by Crippen LogP contribution is 2.25. The molecule has 0 saturated heterocycles. The first-order valence-corrected chi connectivity index (χ1v) is 14.5. The molecule has 2 atom stereocenters. The van der Waals surface area contributed by atoms with Crippen molar-refractivity contribution in [2.24, 2.45) is 11.7 Å². The number of sulfonamides is 1. The maximum absolute atomic E-state index is 13.7. The zero-order valence-corrected chi connectivity index (χ0v) is 23.2. The number of hydrogen-bond donors (Lipinski definition) is 4. The lowest BCUT2D eigenvalue weighted by molar-refractivity contribution is -0.121. The Hall–Kier alpha value is -3.54. The van der Waals surface area contributed by atoms with Gasteiger partial charge < -0.3 is 21.9 Å². The van der Waals surface area contributed by atoms with Crippen LogP contribution in [0.3, 0.4) is 0 Å². The van der Waals surface area contributed by atoms with Crippen LogP contribution in [-0.4, -0.2) is 55.4 Å². The zero-order chi connectivity index (χ0) is 29.3. The number of amides is 2. The van der Waals surface area contributed by atoms with Gasteiger partial charge in [-0.05, 0) is 53.8 Å². The summed E-state index contributed by atoms with van der Waals surface area (Å²) in [6, 6.07) is 16.1. The topological polar surface area (TPSA) is 156 Å². The second-order valence-electron chi connectivity index (χ2n) is 9.73. The van der Waals surface area contributed by atoms with Crippen molar-refractivity contribution in [3.63, 3.8) is 0 Å². The van der Waals surface area contributed by atoms with E-state index in [-0.39, 0.29) is 29.5 Å². The van der Waals surface area contributed by atoms with Gasteiger partial charge in [0.15, 0.2) is 0 Å². The number of carbonyl (C=O) groups excluding carboxylic acids is 2. The number of aliphatic hydroxyl groups is 1. The SMILES string of the molecule is CC(CN(C(CO)CCCCNC(=O)[CH]Cc1cccc2ccccc12)S(=O)(=O)c1ccc(F)c(N)c1)C(N)=O. The fraction of sp³-hybridized carbons (Fsp3) is 0.345. The molecule has 0 saturated carbocycles. The monoisotopic (exact) mass is 571 g/mol. The largest absolute Gasteiger partial charge is 0.396 e. The van der Waals surface area contributed by atoms with Gasteiger partial charge in [-0.25, -0.2) is 12.8 Å². The van der Waals surface area contributed by atoms with Gasteiger partial charge in [-0.15, -0.1) is 0 Å². The number of nitrogen functional groups attached to an aromatic ring is 1. The molecule has 215 valence electrons. The Morgan fingerprint density at radius 3 is 2.52 bits per heavy atom. The summed E-state index contributed by atoms with van der Waals surface area (Å²) in [7, 11) is -4.24. The van der Waals surface area contributed by atoms with E-state index in [1.54, 1.807) is 6.42 Å². The molecule has 9 nitrogen and oxygen atoms in total.